The van der Waals surface area contributed by atoms with Crippen LogP contribution in [0.3, 0.4) is 0 Å². The second-order valence-electron chi connectivity index (χ2n) is 6.08. The Balaban J connectivity index is 2.29. The molecule has 0 aliphatic carbocycles. The average molecular weight is 345 g/mol. The van der Waals surface area contributed by atoms with Crippen LogP contribution in [0.5, 0.6) is 0 Å². The number of ether oxygens (including phenoxy) is 1. The lowest BCUT2D eigenvalue weighted by molar-refractivity contribution is -0.383. The van der Waals surface area contributed by atoms with E-state index in [-0.39, 0.29) is 23.4 Å². The molecule has 0 bridgehead atoms. The summed E-state index contributed by atoms with van der Waals surface area (Å²) in [5.41, 5.74) is 1.72. The molecule has 1 aromatic heterocycles. The number of rotatable bonds is 8. The number of anilines is 3. The van der Waals surface area contributed by atoms with Gasteiger partial charge >= 0.3 is 5.69 Å². The quantitative estimate of drug-likeness (QED) is 0.555. The molecule has 134 valence electrons. The van der Waals surface area contributed by atoms with Gasteiger partial charge in [-0.2, -0.15) is 0 Å². The molecular weight excluding hydrogens is 322 g/mol. The van der Waals surface area contributed by atoms with E-state index in [4.69, 9.17) is 4.74 Å². The first-order valence-corrected chi connectivity index (χ1v) is 8.04. The fourth-order valence-corrected chi connectivity index (χ4v) is 2.36. The predicted molar refractivity (Wildman–Crippen MR) is 97.5 cm³/mol. The zero-order chi connectivity index (χ0) is 18.4. The lowest BCUT2D eigenvalue weighted by Gasteiger charge is -2.14. The van der Waals surface area contributed by atoms with Crippen molar-refractivity contribution in [1.82, 2.24) is 9.97 Å². The van der Waals surface area contributed by atoms with Crippen molar-refractivity contribution in [1.29, 1.82) is 0 Å². The molecule has 1 aromatic carbocycles. The molecular formula is C17H23N5O3. The number of nitrogens with one attached hydrogen (secondary N) is 2. The van der Waals surface area contributed by atoms with Gasteiger partial charge in [0.25, 0.3) is 0 Å². The van der Waals surface area contributed by atoms with E-state index in [1.54, 1.807) is 7.11 Å². The Morgan fingerprint density at radius 3 is 2.36 bits per heavy atom. The van der Waals surface area contributed by atoms with E-state index in [0.29, 0.717) is 12.5 Å². The Bertz CT molecular complexity index is 719. The molecule has 8 nitrogen and oxygen atoms in total. The number of nitro groups is 1. The highest BCUT2D eigenvalue weighted by Gasteiger charge is 2.24. The van der Waals surface area contributed by atoms with Gasteiger partial charge in [-0.15, -0.1) is 0 Å². The fourth-order valence-electron chi connectivity index (χ4n) is 2.36. The van der Waals surface area contributed by atoms with Crippen molar-refractivity contribution >= 4 is 23.0 Å². The Morgan fingerprint density at radius 2 is 1.80 bits per heavy atom. The van der Waals surface area contributed by atoms with Crippen LogP contribution in [0.2, 0.25) is 0 Å². The van der Waals surface area contributed by atoms with Crippen LogP contribution in [0.1, 0.15) is 32.3 Å². The molecule has 0 aliphatic rings. The monoisotopic (exact) mass is 345 g/mol. The van der Waals surface area contributed by atoms with Gasteiger partial charge in [0.15, 0.2) is 0 Å². The summed E-state index contributed by atoms with van der Waals surface area (Å²) in [5, 5.41) is 17.5. The normalized spacial score (nSPS) is 12.0. The van der Waals surface area contributed by atoms with Crippen molar-refractivity contribution in [2.75, 3.05) is 24.4 Å². The van der Waals surface area contributed by atoms with E-state index in [0.717, 1.165) is 5.69 Å². The Hall–Kier alpha value is -2.74. The Kier molecular flexibility index (Phi) is 6.24. The molecule has 0 saturated carbocycles. The van der Waals surface area contributed by atoms with Gasteiger partial charge in [-0.3, -0.25) is 10.1 Å². The van der Waals surface area contributed by atoms with Crippen molar-refractivity contribution in [3.8, 4) is 0 Å². The van der Waals surface area contributed by atoms with Crippen LogP contribution in [0, 0.1) is 10.1 Å². The van der Waals surface area contributed by atoms with Crippen molar-refractivity contribution in [3.05, 3.63) is 46.3 Å². The van der Waals surface area contributed by atoms with E-state index >= 15 is 0 Å². The van der Waals surface area contributed by atoms with Crippen LogP contribution in [0.25, 0.3) is 0 Å². The molecule has 0 saturated heterocycles. The number of hydrogen-bond donors (Lipinski definition) is 2. The Morgan fingerprint density at radius 1 is 1.16 bits per heavy atom. The van der Waals surface area contributed by atoms with Gasteiger partial charge in [-0.1, -0.05) is 26.0 Å². The van der Waals surface area contributed by atoms with E-state index in [1.807, 2.05) is 31.2 Å². The molecule has 0 fully saturated rings. The standard InChI is InChI=1S/C17H23N5O3/c1-11(2)13-5-7-14(8-6-13)21-17-15(22(23)24)16(18-10-19-17)20-12(3)9-25-4/h5-8,10-12H,9H2,1-4H3,(H2,18,19,20,21). The smallest absolute Gasteiger partial charge is 0.353 e. The minimum absolute atomic E-state index is 0.128. The summed E-state index contributed by atoms with van der Waals surface area (Å²) in [5.74, 6) is 0.718. The summed E-state index contributed by atoms with van der Waals surface area (Å²) in [6.45, 7) is 6.47. The third-order valence-electron chi connectivity index (χ3n) is 3.64. The molecule has 2 rings (SSSR count). The van der Waals surface area contributed by atoms with Crippen LogP contribution in [-0.2, 0) is 4.74 Å². The van der Waals surface area contributed by atoms with E-state index in [2.05, 4.69) is 34.4 Å². The average Bonchev–Trinajstić information content (AvgIpc) is 2.55. The lowest BCUT2D eigenvalue weighted by atomic mass is 10.0. The van der Waals surface area contributed by atoms with E-state index in [1.165, 1.54) is 11.9 Å². The lowest BCUT2D eigenvalue weighted by Crippen LogP contribution is -2.22. The van der Waals surface area contributed by atoms with Gasteiger partial charge in [0.1, 0.15) is 6.33 Å². The van der Waals surface area contributed by atoms with Crippen LogP contribution >= 0.6 is 0 Å². The van der Waals surface area contributed by atoms with Crippen LogP contribution in [0.4, 0.5) is 23.0 Å². The number of methoxy groups -OCH3 is 1. The molecule has 0 spiro atoms. The first-order chi connectivity index (χ1) is 11.9. The van der Waals surface area contributed by atoms with Gasteiger partial charge < -0.3 is 15.4 Å². The largest absolute Gasteiger partial charge is 0.383 e. The molecule has 2 aromatic rings. The van der Waals surface area contributed by atoms with Crippen LogP contribution in [-0.4, -0.2) is 34.6 Å². The molecule has 1 atom stereocenters. The highest BCUT2D eigenvalue weighted by Crippen LogP contribution is 2.31. The maximum absolute atomic E-state index is 11.5. The predicted octanol–water partition coefficient (Wildman–Crippen LogP) is 3.70. The zero-order valence-corrected chi connectivity index (χ0v) is 14.8. The van der Waals surface area contributed by atoms with Crippen molar-refractivity contribution < 1.29 is 9.66 Å². The topological polar surface area (TPSA) is 102 Å². The molecule has 0 radical (unpaired) electrons. The minimum Gasteiger partial charge on any atom is -0.383 e. The summed E-state index contributed by atoms with van der Waals surface area (Å²) in [4.78, 5) is 19.1. The van der Waals surface area contributed by atoms with Crippen LogP contribution < -0.4 is 10.6 Å². The fraction of sp³-hybridized carbons (Fsp3) is 0.412. The van der Waals surface area contributed by atoms with Gasteiger partial charge in [-0.05, 0) is 30.5 Å². The van der Waals surface area contributed by atoms with Crippen molar-refractivity contribution in [2.24, 2.45) is 0 Å². The number of hydrogen-bond acceptors (Lipinski definition) is 7. The first kappa shape index (κ1) is 18.6. The second kappa shape index (κ2) is 8.39. The molecule has 25 heavy (non-hydrogen) atoms. The zero-order valence-electron chi connectivity index (χ0n) is 14.8. The third kappa shape index (κ3) is 4.87. The highest BCUT2D eigenvalue weighted by molar-refractivity contribution is 5.73. The number of benzene rings is 1. The van der Waals surface area contributed by atoms with Crippen molar-refractivity contribution in [2.45, 2.75) is 32.7 Å². The molecule has 1 unspecified atom stereocenters. The molecule has 0 amide bonds. The summed E-state index contributed by atoms with van der Waals surface area (Å²) in [6.07, 6.45) is 1.29. The van der Waals surface area contributed by atoms with Gasteiger partial charge in [0, 0.05) is 18.8 Å². The summed E-state index contributed by atoms with van der Waals surface area (Å²) < 4.78 is 5.04. The summed E-state index contributed by atoms with van der Waals surface area (Å²) in [6, 6.07) is 7.60. The van der Waals surface area contributed by atoms with Crippen molar-refractivity contribution in [3.63, 3.8) is 0 Å². The number of aromatic nitrogens is 2. The second-order valence-corrected chi connectivity index (χ2v) is 6.08. The first-order valence-electron chi connectivity index (χ1n) is 8.04. The van der Waals surface area contributed by atoms with E-state index in [9.17, 15) is 10.1 Å². The molecule has 0 aliphatic heterocycles. The highest BCUT2D eigenvalue weighted by atomic mass is 16.6. The van der Waals surface area contributed by atoms with Gasteiger partial charge in [0.2, 0.25) is 11.6 Å². The van der Waals surface area contributed by atoms with E-state index < -0.39 is 4.92 Å². The maximum Gasteiger partial charge on any atom is 0.353 e. The minimum atomic E-state index is -0.493. The molecule has 2 N–H and O–H groups in total. The third-order valence-corrected chi connectivity index (χ3v) is 3.64. The van der Waals surface area contributed by atoms with Gasteiger partial charge in [0.05, 0.1) is 11.5 Å². The maximum atomic E-state index is 11.5. The summed E-state index contributed by atoms with van der Waals surface area (Å²) in [7, 11) is 1.57. The van der Waals surface area contributed by atoms with Crippen LogP contribution in [0.15, 0.2) is 30.6 Å². The van der Waals surface area contributed by atoms with Gasteiger partial charge in [-0.25, -0.2) is 9.97 Å². The SMILES string of the molecule is COCC(C)Nc1ncnc(Nc2ccc(C(C)C)cc2)c1[N+](=O)[O-]. The Labute approximate surface area is 146 Å². The summed E-state index contributed by atoms with van der Waals surface area (Å²) >= 11 is 0. The molecule has 8 heteroatoms. The number of nitrogens with zero attached hydrogens (tertiary/aromatic N) is 3. The molecule has 1 heterocycles.